The van der Waals surface area contributed by atoms with Crippen molar-refractivity contribution in [1.29, 1.82) is 5.26 Å². The predicted molar refractivity (Wildman–Crippen MR) is 59.4 cm³/mol. The van der Waals surface area contributed by atoms with E-state index in [2.05, 4.69) is 0 Å². The van der Waals surface area contributed by atoms with E-state index >= 15 is 0 Å². The molecule has 2 N–H and O–H groups in total. The second-order valence-electron chi connectivity index (χ2n) is 4.10. The van der Waals surface area contributed by atoms with E-state index in [1.807, 2.05) is 19.9 Å². The molecule has 1 aliphatic rings. The Balaban J connectivity index is 2.70. The molecular formula is C11H19N3O2. The molecule has 0 radical (unpaired) electrons. The van der Waals surface area contributed by atoms with Crippen LogP contribution in [-0.2, 0) is 9.53 Å². The van der Waals surface area contributed by atoms with Gasteiger partial charge in [0.2, 0.25) is 5.91 Å². The van der Waals surface area contributed by atoms with Crippen molar-refractivity contribution in [1.82, 2.24) is 4.90 Å². The van der Waals surface area contributed by atoms with Gasteiger partial charge in [-0.3, -0.25) is 4.79 Å². The van der Waals surface area contributed by atoms with Crippen LogP contribution in [0.2, 0.25) is 0 Å². The van der Waals surface area contributed by atoms with Crippen molar-refractivity contribution in [3.63, 3.8) is 0 Å². The molecule has 1 rings (SSSR count). The lowest BCUT2D eigenvalue weighted by molar-refractivity contribution is -0.143. The lowest BCUT2D eigenvalue weighted by Crippen LogP contribution is -2.58. The molecule has 1 amide bonds. The van der Waals surface area contributed by atoms with Crippen LogP contribution < -0.4 is 5.73 Å². The van der Waals surface area contributed by atoms with Gasteiger partial charge in [0.05, 0.1) is 24.8 Å². The standard InChI is InChI=1S/C11H19N3O2/c1-3-11(13,4-2)10(15)14-5-6-16-9(7-12)8-14/h9H,3-6,8,13H2,1-2H3. The summed E-state index contributed by atoms with van der Waals surface area (Å²) in [5.41, 5.74) is 5.25. The molecule has 0 saturated carbocycles. The van der Waals surface area contributed by atoms with Crippen LogP contribution >= 0.6 is 0 Å². The van der Waals surface area contributed by atoms with E-state index in [0.717, 1.165) is 0 Å². The Morgan fingerprint density at radius 1 is 1.62 bits per heavy atom. The van der Waals surface area contributed by atoms with Crippen LogP contribution in [0.15, 0.2) is 0 Å². The summed E-state index contributed by atoms with van der Waals surface area (Å²) < 4.78 is 5.19. The third-order valence-corrected chi connectivity index (χ3v) is 3.19. The zero-order chi connectivity index (χ0) is 12.2. The maximum absolute atomic E-state index is 12.2. The highest BCUT2D eigenvalue weighted by atomic mass is 16.5. The molecule has 1 unspecified atom stereocenters. The minimum atomic E-state index is -0.794. The van der Waals surface area contributed by atoms with Crippen molar-refractivity contribution in [2.24, 2.45) is 5.73 Å². The Bertz CT molecular complexity index is 294. The summed E-state index contributed by atoms with van der Waals surface area (Å²) in [4.78, 5) is 13.8. The second-order valence-corrected chi connectivity index (χ2v) is 4.10. The first-order chi connectivity index (χ1) is 7.57. The normalized spacial score (nSPS) is 21.6. The molecule has 1 atom stereocenters. The van der Waals surface area contributed by atoms with Crippen molar-refractivity contribution in [3.8, 4) is 6.07 Å². The van der Waals surface area contributed by atoms with Crippen LogP contribution in [-0.4, -0.2) is 42.1 Å². The first kappa shape index (κ1) is 12.9. The lowest BCUT2D eigenvalue weighted by Gasteiger charge is -2.36. The number of nitrogens with two attached hydrogens (primary N) is 1. The smallest absolute Gasteiger partial charge is 0.242 e. The summed E-state index contributed by atoms with van der Waals surface area (Å²) in [7, 11) is 0. The summed E-state index contributed by atoms with van der Waals surface area (Å²) in [6.07, 6.45) is 0.698. The van der Waals surface area contributed by atoms with Crippen LogP contribution in [0.5, 0.6) is 0 Å². The minimum Gasteiger partial charge on any atom is -0.360 e. The third-order valence-electron chi connectivity index (χ3n) is 3.19. The fraction of sp³-hybridized carbons (Fsp3) is 0.818. The fourth-order valence-electron chi connectivity index (χ4n) is 1.78. The molecule has 1 heterocycles. The Morgan fingerprint density at radius 3 is 2.75 bits per heavy atom. The second kappa shape index (κ2) is 5.28. The fourth-order valence-corrected chi connectivity index (χ4v) is 1.78. The number of carbonyl (C=O) groups excluding carboxylic acids is 1. The maximum atomic E-state index is 12.2. The summed E-state index contributed by atoms with van der Waals surface area (Å²) in [5.74, 6) is -0.0685. The number of nitriles is 1. The van der Waals surface area contributed by atoms with Gasteiger partial charge in [0.15, 0.2) is 6.10 Å². The Morgan fingerprint density at radius 2 is 2.25 bits per heavy atom. The number of rotatable bonds is 3. The van der Waals surface area contributed by atoms with Gasteiger partial charge in [-0.15, -0.1) is 0 Å². The van der Waals surface area contributed by atoms with Gasteiger partial charge in [0.1, 0.15) is 0 Å². The summed E-state index contributed by atoms with van der Waals surface area (Å²) >= 11 is 0. The largest absolute Gasteiger partial charge is 0.360 e. The molecule has 16 heavy (non-hydrogen) atoms. The van der Waals surface area contributed by atoms with E-state index in [0.29, 0.717) is 32.5 Å². The molecule has 5 nitrogen and oxygen atoms in total. The number of carbonyl (C=O) groups is 1. The number of morpholine rings is 1. The van der Waals surface area contributed by atoms with Gasteiger partial charge in [-0.1, -0.05) is 13.8 Å². The van der Waals surface area contributed by atoms with Crippen molar-refractivity contribution in [3.05, 3.63) is 0 Å². The van der Waals surface area contributed by atoms with Crippen LogP contribution in [0, 0.1) is 11.3 Å². The van der Waals surface area contributed by atoms with Gasteiger partial charge in [-0.05, 0) is 12.8 Å². The predicted octanol–water partition coefficient (Wildman–Crippen LogP) is 0.255. The molecule has 0 bridgehead atoms. The molecule has 0 aliphatic carbocycles. The summed E-state index contributed by atoms with van der Waals surface area (Å²) in [6, 6.07) is 2.02. The van der Waals surface area contributed by atoms with Gasteiger partial charge in [-0.25, -0.2) is 0 Å². The van der Waals surface area contributed by atoms with E-state index in [1.54, 1.807) is 4.90 Å². The Labute approximate surface area is 96.2 Å². The van der Waals surface area contributed by atoms with Crippen LogP contribution in [0.1, 0.15) is 26.7 Å². The topological polar surface area (TPSA) is 79.3 Å². The monoisotopic (exact) mass is 225 g/mol. The minimum absolute atomic E-state index is 0.0685. The van der Waals surface area contributed by atoms with Gasteiger partial charge < -0.3 is 15.4 Å². The first-order valence-electron chi connectivity index (χ1n) is 5.67. The molecule has 0 spiro atoms. The van der Waals surface area contributed by atoms with Crippen molar-refractivity contribution in [2.75, 3.05) is 19.7 Å². The molecule has 90 valence electrons. The van der Waals surface area contributed by atoms with Crippen molar-refractivity contribution >= 4 is 5.91 Å². The lowest BCUT2D eigenvalue weighted by atomic mass is 9.92. The highest BCUT2D eigenvalue weighted by molar-refractivity contribution is 5.86. The van der Waals surface area contributed by atoms with E-state index in [1.165, 1.54) is 0 Å². The van der Waals surface area contributed by atoms with E-state index in [9.17, 15) is 4.79 Å². The summed E-state index contributed by atoms with van der Waals surface area (Å²) in [6.45, 7) is 5.07. The molecule has 0 aromatic heterocycles. The molecule has 1 fully saturated rings. The van der Waals surface area contributed by atoms with Crippen LogP contribution in [0.4, 0.5) is 0 Å². The van der Waals surface area contributed by atoms with Crippen LogP contribution in [0.25, 0.3) is 0 Å². The summed E-state index contributed by atoms with van der Waals surface area (Å²) in [5, 5.41) is 8.76. The van der Waals surface area contributed by atoms with Gasteiger partial charge in [0.25, 0.3) is 0 Å². The third kappa shape index (κ3) is 2.52. The number of nitrogens with zero attached hydrogens (tertiary/aromatic N) is 2. The van der Waals surface area contributed by atoms with E-state index < -0.39 is 11.6 Å². The molecule has 5 heteroatoms. The van der Waals surface area contributed by atoms with Gasteiger partial charge >= 0.3 is 0 Å². The zero-order valence-electron chi connectivity index (χ0n) is 9.90. The van der Waals surface area contributed by atoms with Crippen molar-refractivity contribution < 1.29 is 9.53 Å². The Kier molecular flexibility index (Phi) is 4.27. The SMILES string of the molecule is CCC(N)(CC)C(=O)N1CCOC(C#N)C1. The average molecular weight is 225 g/mol. The highest BCUT2D eigenvalue weighted by Crippen LogP contribution is 2.17. The maximum Gasteiger partial charge on any atom is 0.242 e. The molecule has 1 aliphatic heterocycles. The number of hydrogen-bond donors (Lipinski definition) is 1. The molecule has 0 aromatic rings. The average Bonchev–Trinajstić information content (AvgIpc) is 2.37. The number of hydrogen-bond acceptors (Lipinski definition) is 4. The highest BCUT2D eigenvalue weighted by Gasteiger charge is 2.36. The van der Waals surface area contributed by atoms with E-state index in [4.69, 9.17) is 15.7 Å². The van der Waals surface area contributed by atoms with Gasteiger partial charge in [-0.2, -0.15) is 5.26 Å². The number of ether oxygens (including phenoxy) is 1. The van der Waals surface area contributed by atoms with Crippen molar-refractivity contribution in [2.45, 2.75) is 38.3 Å². The first-order valence-corrected chi connectivity index (χ1v) is 5.67. The molecular weight excluding hydrogens is 206 g/mol. The van der Waals surface area contributed by atoms with Crippen LogP contribution in [0.3, 0.4) is 0 Å². The molecule has 0 aromatic carbocycles. The quantitative estimate of drug-likeness (QED) is 0.747. The number of amides is 1. The van der Waals surface area contributed by atoms with E-state index in [-0.39, 0.29) is 5.91 Å². The Hall–Kier alpha value is -1.12. The van der Waals surface area contributed by atoms with Gasteiger partial charge in [0, 0.05) is 6.54 Å². The molecule has 1 saturated heterocycles. The zero-order valence-corrected chi connectivity index (χ0v) is 9.90.